The molecule has 0 unspecified atom stereocenters. The van der Waals surface area contributed by atoms with Gasteiger partial charge in [0.1, 0.15) is 0 Å². The van der Waals surface area contributed by atoms with Gasteiger partial charge in [-0.15, -0.1) is 0 Å². The first-order chi connectivity index (χ1) is 8.28. The third-order valence-electron chi connectivity index (χ3n) is 3.12. The maximum atomic E-state index is 5.74. The Hall–Kier alpha value is -0.390. The van der Waals surface area contributed by atoms with Crippen LogP contribution in [0.15, 0.2) is 12.3 Å². The Balaban J connectivity index is 1.72. The average molecular weight is 302 g/mol. The summed E-state index contributed by atoms with van der Waals surface area (Å²) in [6.45, 7) is 4.02. The molecule has 0 N–H and O–H groups in total. The predicted octanol–water partition coefficient (Wildman–Crippen LogP) is 1.80. The van der Waals surface area contributed by atoms with E-state index in [4.69, 9.17) is 4.74 Å². The number of alkyl halides is 1. The van der Waals surface area contributed by atoms with Gasteiger partial charge in [0.25, 0.3) is 0 Å². The number of hydrogen-bond donors (Lipinski definition) is 0. The standard InChI is InChI=1S/C12H20BrN3O/c1-15-6-2-11(14-15)10-16-7-3-12(4-8-16)17-9-5-13/h2,6,12H,3-5,7-10H2,1H3. The van der Waals surface area contributed by atoms with Crippen molar-refractivity contribution in [1.29, 1.82) is 0 Å². The zero-order chi connectivity index (χ0) is 12.1. The lowest BCUT2D eigenvalue weighted by Crippen LogP contribution is -2.36. The molecule has 0 aromatic carbocycles. The molecule has 0 radical (unpaired) electrons. The van der Waals surface area contributed by atoms with Gasteiger partial charge >= 0.3 is 0 Å². The third-order valence-corrected chi connectivity index (χ3v) is 3.44. The molecule has 1 aliphatic heterocycles. The Kier molecular flexibility index (Phi) is 5.00. The van der Waals surface area contributed by atoms with E-state index in [1.165, 1.54) is 0 Å². The first-order valence-corrected chi connectivity index (χ1v) is 7.28. The van der Waals surface area contributed by atoms with Gasteiger partial charge in [0.05, 0.1) is 18.4 Å². The van der Waals surface area contributed by atoms with Crippen LogP contribution < -0.4 is 0 Å². The number of aryl methyl sites for hydroxylation is 1. The lowest BCUT2D eigenvalue weighted by Gasteiger charge is -2.31. The van der Waals surface area contributed by atoms with Gasteiger partial charge in [-0.25, -0.2) is 0 Å². The van der Waals surface area contributed by atoms with E-state index in [-0.39, 0.29) is 0 Å². The van der Waals surface area contributed by atoms with Gasteiger partial charge in [0, 0.05) is 38.2 Å². The van der Waals surface area contributed by atoms with Crippen molar-refractivity contribution in [1.82, 2.24) is 14.7 Å². The zero-order valence-corrected chi connectivity index (χ0v) is 11.9. The second-order valence-corrected chi connectivity index (χ2v) is 5.31. The third kappa shape index (κ3) is 4.08. The van der Waals surface area contributed by atoms with E-state index in [0.29, 0.717) is 6.10 Å². The second kappa shape index (κ2) is 6.52. The molecular formula is C12H20BrN3O. The number of nitrogens with zero attached hydrogens (tertiary/aromatic N) is 3. The summed E-state index contributed by atoms with van der Waals surface area (Å²) < 4.78 is 7.60. The maximum absolute atomic E-state index is 5.74. The normalized spacial score (nSPS) is 18.7. The van der Waals surface area contributed by atoms with Gasteiger partial charge in [-0.2, -0.15) is 5.10 Å². The van der Waals surface area contributed by atoms with E-state index in [0.717, 1.165) is 50.1 Å². The summed E-state index contributed by atoms with van der Waals surface area (Å²) in [5.74, 6) is 0. The SMILES string of the molecule is Cn1ccc(CN2CCC(OCCBr)CC2)n1. The molecular weight excluding hydrogens is 282 g/mol. The van der Waals surface area contributed by atoms with E-state index in [1.54, 1.807) is 0 Å². The number of halogens is 1. The first kappa shape index (κ1) is 13.1. The minimum absolute atomic E-state index is 0.451. The van der Waals surface area contributed by atoms with Crippen molar-refractivity contribution in [2.45, 2.75) is 25.5 Å². The smallest absolute Gasteiger partial charge is 0.0764 e. The summed E-state index contributed by atoms with van der Waals surface area (Å²) >= 11 is 3.39. The zero-order valence-electron chi connectivity index (χ0n) is 10.3. The molecule has 17 heavy (non-hydrogen) atoms. The minimum Gasteiger partial charge on any atom is -0.377 e. The Morgan fingerprint density at radius 1 is 1.47 bits per heavy atom. The van der Waals surface area contributed by atoms with Crippen LogP contribution in [0.5, 0.6) is 0 Å². The van der Waals surface area contributed by atoms with Crippen LogP contribution in [0.1, 0.15) is 18.5 Å². The second-order valence-electron chi connectivity index (χ2n) is 4.52. The van der Waals surface area contributed by atoms with Gasteiger partial charge in [-0.3, -0.25) is 9.58 Å². The highest BCUT2D eigenvalue weighted by Crippen LogP contribution is 2.15. The minimum atomic E-state index is 0.451. The molecule has 96 valence electrons. The number of rotatable bonds is 5. The van der Waals surface area contributed by atoms with Crippen molar-refractivity contribution in [2.75, 3.05) is 25.0 Å². The predicted molar refractivity (Wildman–Crippen MR) is 71.3 cm³/mol. The number of likely N-dealkylation sites (tertiary alicyclic amines) is 1. The summed E-state index contributed by atoms with van der Waals surface area (Å²) in [7, 11) is 1.96. The van der Waals surface area contributed by atoms with Crippen molar-refractivity contribution in [3.05, 3.63) is 18.0 Å². The number of aromatic nitrogens is 2. The fraction of sp³-hybridized carbons (Fsp3) is 0.750. The highest BCUT2D eigenvalue weighted by molar-refractivity contribution is 9.09. The Morgan fingerprint density at radius 3 is 2.82 bits per heavy atom. The van der Waals surface area contributed by atoms with Crippen LogP contribution in [-0.4, -0.2) is 45.8 Å². The van der Waals surface area contributed by atoms with E-state index in [9.17, 15) is 0 Å². The molecule has 5 heteroatoms. The van der Waals surface area contributed by atoms with Crippen LogP contribution >= 0.6 is 15.9 Å². The molecule has 2 rings (SSSR count). The molecule has 0 aliphatic carbocycles. The first-order valence-electron chi connectivity index (χ1n) is 6.16. The quantitative estimate of drug-likeness (QED) is 0.777. The van der Waals surface area contributed by atoms with Crippen molar-refractivity contribution < 1.29 is 4.74 Å². The molecule has 0 atom stereocenters. The fourth-order valence-corrected chi connectivity index (χ4v) is 2.41. The summed E-state index contributed by atoms with van der Waals surface area (Å²) in [6, 6.07) is 2.09. The van der Waals surface area contributed by atoms with Crippen molar-refractivity contribution in [3.63, 3.8) is 0 Å². The molecule has 0 bridgehead atoms. The fourth-order valence-electron chi connectivity index (χ4n) is 2.22. The highest BCUT2D eigenvalue weighted by Gasteiger charge is 2.19. The molecule has 1 aromatic rings. The van der Waals surface area contributed by atoms with Crippen LogP contribution in [0.2, 0.25) is 0 Å². The van der Waals surface area contributed by atoms with Gasteiger partial charge in [0.2, 0.25) is 0 Å². The Morgan fingerprint density at radius 2 is 2.24 bits per heavy atom. The van der Waals surface area contributed by atoms with Crippen LogP contribution in [0.3, 0.4) is 0 Å². The van der Waals surface area contributed by atoms with Crippen LogP contribution in [0.25, 0.3) is 0 Å². The molecule has 0 saturated carbocycles. The Labute approximate surface area is 111 Å². The lowest BCUT2D eigenvalue weighted by atomic mass is 10.1. The van der Waals surface area contributed by atoms with Gasteiger partial charge in [-0.1, -0.05) is 15.9 Å². The molecule has 1 fully saturated rings. The molecule has 0 amide bonds. The van der Waals surface area contributed by atoms with Gasteiger partial charge in [0.15, 0.2) is 0 Å². The molecule has 1 saturated heterocycles. The topological polar surface area (TPSA) is 30.3 Å². The van der Waals surface area contributed by atoms with Crippen molar-refractivity contribution in [3.8, 4) is 0 Å². The average Bonchev–Trinajstić information content (AvgIpc) is 2.74. The summed E-state index contributed by atoms with van der Waals surface area (Å²) in [4.78, 5) is 2.45. The van der Waals surface area contributed by atoms with Gasteiger partial charge < -0.3 is 4.74 Å². The van der Waals surface area contributed by atoms with E-state index in [2.05, 4.69) is 32.0 Å². The number of hydrogen-bond acceptors (Lipinski definition) is 3. The molecule has 0 spiro atoms. The Bertz CT molecular complexity index is 334. The molecule has 2 heterocycles. The number of piperidine rings is 1. The molecule has 4 nitrogen and oxygen atoms in total. The number of ether oxygens (including phenoxy) is 1. The van der Waals surface area contributed by atoms with Crippen molar-refractivity contribution >= 4 is 15.9 Å². The summed E-state index contributed by atoms with van der Waals surface area (Å²) in [5, 5.41) is 5.34. The monoisotopic (exact) mass is 301 g/mol. The maximum Gasteiger partial charge on any atom is 0.0764 e. The largest absolute Gasteiger partial charge is 0.377 e. The van der Waals surface area contributed by atoms with Crippen LogP contribution in [-0.2, 0) is 18.3 Å². The summed E-state index contributed by atoms with van der Waals surface area (Å²) in [6.07, 6.45) is 4.73. The van der Waals surface area contributed by atoms with Crippen LogP contribution in [0.4, 0.5) is 0 Å². The molecule has 1 aliphatic rings. The van der Waals surface area contributed by atoms with E-state index >= 15 is 0 Å². The molecule has 1 aromatic heterocycles. The lowest BCUT2D eigenvalue weighted by molar-refractivity contribution is 0.0138. The van der Waals surface area contributed by atoms with Crippen molar-refractivity contribution in [2.24, 2.45) is 7.05 Å². The highest BCUT2D eigenvalue weighted by atomic mass is 79.9. The van der Waals surface area contributed by atoms with Gasteiger partial charge in [-0.05, 0) is 18.9 Å². The van der Waals surface area contributed by atoms with E-state index < -0.39 is 0 Å². The summed E-state index contributed by atoms with van der Waals surface area (Å²) in [5.41, 5.74) is 1.16. The van der Waals surface area contributed by atoms with E-state index in [1.807, 2.05) is 17.9 Å². The van der Waals surface area contributed by atoms with Crippen LogP contribution in [0, 0.1) is 0 Å².